The van der Waals surface area contributed by atoms with Gasteiger partial charge in [0.15, 0.2) is 0 Å². The van der Waals surface area contributed by atoms with Crippen molar-refractivity contribution in [1.29, 1.82) is 0 Å². The Morgan fingerprint density at radius 2 is 2.00 bits per heavy atom. The Balaban J connectivity index is 1.21. The van der Waals surface area contributed by atoms with Crippen molar-refractivity contribution in [3.05, 3.63) is 88.5 Å². The lowest BCUT2D eigenvalue weighted by Crippen LogP contribution is -2.38. The van der Waals surface area contributed by atoms with Crippen LogP contribution in [0.25, 0.3) is 16.6 Å². The molecular weight excluding hydrogens is 398 g/mol. The molecule has 0 spiro atoms. The van der Waals surface area contributed by atoms with Crippen LogP contribution in [0.3, 0.4) is 0 Å². The number of fused-ring (bicyclic) bond motifs is 1. The van der Waals surface area contributed by atoms with Crippen LogP contribution >= 0.6 is 0 Å². The number of pyridine rings is 1. The quantitative estimate of drug-likeness (QED) is 0.422. The van der Waals surface area contributed by atoms with E-state index in [-0.39, 0.29) is 5.56 Å². The van der Waals surface area contributed by atoms with Gasteiger partial charge >= 0.3 is 0 Å². The molecule has 5 rings (SSSR count). The van der Waals surface area contributed by atoms with E-state index >= 15 is 0 Å². The Bertz CT molecular complexity index is 1270. The Labute approximate surface area is 187 Å². The molecule has 32 heavy (non-hydrogen) atoms. The van der Waals surface area contributed by atoms with Crippen molar-refractivity contribution >= 4 is 16.6 Å². The van der Waals surface area contributed by atoms with Crippen LogP contribution in [0, 0.1) is 6.92 Å². The first-order valence-electron chi connectivity index (χ1n) is 11.4. The summed E-state index contributed by atoms with van der Waals surface area (Å²) < 4.78 is 1.72. The average molecular weight is 428 g/mol. The van der Waals surface area contributed by atoms with Crippen LogP contribution in [0.1, 0.15) is 36.8 Å². The van der Waals surface area contributed by atoms with Crippen molar-refractivity contribution < 1.29 is 0 Å². The summed E-state index contributed by atoms with van der Waals surface area (Å²) in [4.78, 5) is 12.3. The fraction of sp³-hybridized carbons (Fsp3) is 0.308. The fourth-order valence-electron chi connectivity index (χ4n) is 4.65. The van der Waals surface area contributed by atoms with E-state index in [0.29, 0.717) is 12.1 Å². The predicted octanol–water partition coefficient (Wildman–Crippen LogP) is 4.54. The molecule has 1 saturated carbocycles. The number of aryl methyl sites for hydroxylation is 1. The standard InChI is InChI=1S/C26H29N5O/c1-18-8-11-26(32)31(17-18)24-7-2-4-19(12-24)15-27-21-5-3-6-22(14-21)29-23-9-10-25-20(13-23)16-28-30-25/h2,4,7-13,16-17,21-22,27,29H,3,5-6,14-15H2,1H3,(H,28,30)/t21-,22-/m0/s1. The van der Waals surface area contributed by atoms with E-state index in [2.05, 4.69) is 51.2 Å². The third-order valence-corrected chi connectivity index (χ3v) is 6.33. The van der Waals surface area contributed by atoms with Gasteiger partial charge < -0.3 is 10.6 Å². The van der Waals surface area contributed by atoms with Gasteiger partial charge in [0.1, 0.15) is 0 Å². The maximum Gasteiger partial charge on any atom is 0.255 e. The molecule has 2 atom stereocenters. The van der Waals surface area contributed by atoms with Crippen LogP contribution in [0.4, 0.5) is 5.69 Å². The molecular formula is C26H29N5O. The van der Waals surface area contributed by atoms with Gasteiger partial charge in [-0.2, -0.15) is 5.10 Å². The van der Waals surface area contributed by atoms with Gasteiger partial charge in [0.05, 0.1) is 11.7 Å². The van der Waals surface area contributed by atoms with Gasteiger partial charge in [-0.25, -0.2) is 0 Å². The molecule has 6 nitrogen and oxygen atoms in total. The monoisotopic (exact) mass is 427 g/mol. The van der Waals surface area contributed by atoms with Crippen molar-refractivity contribution in [2.24, 2.45) is 0 Å². The summed E-state index contributed by atoms with van der Waals surface area (Å²) in [5.74, 6) is 0. The summed E-state index contributed by atoms with van der Waals surface area (Å²) in [6.07, 6.45) is 8.45. The molecule has 1 aliphatic carbocycles. The molecule has 164 valence electrons. The first-order valence-corrected chi connectivity index (χ1v) is 11.4. The topological polar surface area (TPSA) is 74.7 Å². The second kappa shape index (κ2) is 9.01. The van der Waals surface area contributed by atoms with Gasteiger partial charge in [-0.05, 0) is 74.1 Å². The lowest BCUT2D eigenvalue weighted by Gasteiger charge is -2.31. The molecule has 0 aliphatic heterocycles. The Hall–Kier alpha value is -3.38. The van der Waals surface area contributed by atoms with E-state index in [1.807, 2.05) is 37.5 Å². The Kier molecular flexibility index (Phi) is 5.77. The molecule has 0 radical (unpaired) electrons. The average Bonchev–Trinajstić information content (AvgIpc) is 3.28. The fourth-order valence-corrected chi connectivity index (χ4v) is 4.65. The number of anilines is 1. The maximum absolute atomic E-state index is 12.3. The highest BCUT2D eigenvalue weighted by Gasteiger charge is 2.21. The molecule has 1 aliphatic rings. The minimum atomic E-state index is -0.00415. The summed E-state index contributed by atoms with van der Waals surface area (Å²) >= 11 is 0. The number of rotatable bonds is 6. The number of hydrogen-bond donors (Lipinski definition) is 3. The zero-order valence-electron chi connectivity index (χ0n) is 18.3. The zero-order chi connectivity index (χ0) is 21.9. The van der Waals surface area contributed by atoms with Gasteiger partial charge in [-0.3, -0.25) is 14.5 Å². The molecule has 3 N–H and O–H groups in total. The highest BCUT2D eigenvalue weighted by Crippen LogP contribution is 2.24. The van der Waals surface area contributed by atoms with E-state index < -0.39 is 0 Å². The molecule has 4 aromatic rings. The van der Waals surface area contributed by atoms with Gasteiger partial charge in [-0.1, -0.05) is 18.2 Å². The highest BCUT2D eigenvalue weighted by atomic mass is 16.1. The van der Waals surface area contributed by atoms with Crippen molar-refractivity contribution in [2.45, 2.75) is 51.2 Å². The predicted molar refractivity (Wildman–Crippen MR) is 129 cm³/mol. The molecule has 0 amide bonds. The van der Waals surface area contributed by atoms with Crippen LogP contribution in [0.5, 0.6) is 0 Å². The van der Waals surface area contributed by atoms with Crippen LogP contribution in [-0.2, 0) is 6.54 Å². The minimum Gasteiger partial charge on any atom is -0.382 e. The molecule has 2 heterocycles. The largest absolute Gasteiger partial charge is 0.382 e. The van der Waals surface area contributed by atoms with Gasteiger partial charge in [0.2, 0.25) is 0 Å². The van der Waals surface area contributed by atoms with Crippen molar-refractivity contribution in [3.8, 4) is 5.69 Å². The first-order chi connectivity index (χ1) is 15.6. The summed E-state index contributed by atoms with van der Waals surface area (Å²) in [5.41, 5.74) is 5.39. The molecule has 6 heteroatoms. The molecule has 0 bridgehead atoms. The van der Waals surface area contributed by atoms with Gasteiger partial charge in [0.25, 0.3) is 5.56 Å². The lowest BCUT2D eigenvalue weighted by molar-refractivity contribution is 0.350. The second-order valence-corrected chi connectivity index (χ2v) is 8.84. The molecule has 0 unspecified atom stereocenters. The second-order valence-electron chi connectivity index (χ2n) is 8.84. The molecule has 0 saturated heterocycles. The van der Waals surface area contributed by atoms with Crippen molar-refractivity contribution in [1.82, 2.24) is 20.1 Å². The van der Waals surface area contributed by atoms with Gasteiger partial charge in [0, 0.05) is 47.7 Å². The third kappa shape index (κ3) is 4.60. The summed E-state index contributed by atoms with van der Waals surface area (Å²) in [5, 5.41) is 15.7. The number of benzene rings is 2. The number of nitrogens with one attached hydrogen (secondary N) is 3. The molecule has 2 aromatic carbocycles. The number of H-pyrrole nitrogens is 1. The van der Waals surface area contributed by atoms with Crippen molar-refractivity contribution in [2.75, 3.05) is 5.32 Å². The summed E-state index contributed by atoms with van der Waals surface area (Å²) in [7, 11) is 0. The van der Waals surface area contributed by atoms with E-state index in [1.54, 1.807) is 10.6 Å². The van der Waals surface area contributed by atoms with E-state index in [9.17, 15) is 4.79 Å². The van der Waals surface area contributed by atoms with Crippen LogP contribution in [0.15, 0.2) is 71.8 Å². The minimum absolute atomic E-state index is 0.00415. The van der Waals surface area contributed by atoms with E-state index in [4.69, 9.17) is 0 Å². The normalized spacial score (nSPS) is 18.7. The smallest absolute Gasteiger partial charge is 0.255 e. The van der Waals surface area contributed by atoms with E-state index in [0.717, 1.165) is 40.8 Å². The first kappa shape index (κ1) is 20.5. The highest BCUT2D eigenvalue weighted by molar-refractivity contribution is 5.81. The number of nitrogens with zero attached hydrogens (tertiary/aromatic N) is 2. The Morgan fingerprint density at radius 1 is 1.09 bits per heavy atom. The van der Waals surface area contributed by atoms with E-state index in [1.165, 1.54) is 24.8 Å². The Morgan fingerprint density at radius 3 is 2.94 bits per heavy atom. The number of hydrogen-bond acceptors (Lipinski definition) is 4. The third-order valence-electron chi connectivity index (χ3n) is 6.33. The molecule has 2 aromatic heterocycles. The maximum atomic E-state index is 12.3. The van der Waals surface area contributed by atoms with Gasteiger partial charge in [-0.15, -0.1) is 0 Å². The summed E-state index contributed by atoms with van der Waals surface area (Å²) in [6.45, 7) is 2.80. The molecule has 1 fully saturated rings. The summed E-state index contributed by atoms with van der Waals surface area (Å²) in [6, 6.07) is 19.0. The van der Waals surface area contributed by atoms with Crippen LogP contribution < -0.4 is 16.2 Å². The lowest BCUT2D eigenvalue weighted by atomic mass is 9.90. The zero-order valence-corrected chi connectivity index (χ0v) is 18.3. The SMILES string of the molecule is Cc1ccc(=O)n(-c2cccc(CN[C@H]3CCC[C@H](Nc4ccc5[nH]ncc5c4)C3)c2)c1. The number of aromatic nitrogens is 3. The van der Waals surface area contributed by atoms with Crippen LogP contribution in [-0.4, -0.2) is 26.8 Å². The number of aromatic amines is 1. The van der Waals surface area contributed by atoms with Crippen molar-refractivity contribution in [3.63, 3.8) is 0 Å². The van der Waals surface area contributed by atoms with Crippen LogP contribution in [0.2, 0.25) is 0 Å².